The molecule has 0 aromatic carbocycles. The molecule has 0 amide bonds. The molecule has 0 radical (unpaired) electrons. The Morgan fingerprint density at radius 1 is 1.12 bits per heavy atom. The van der Waals surface area contributed by atoms with Crippen LogP contribution in [0, 0.1) is 34.0 Å². The summed E-state index contributed by atoms with van der Waals surface area (Å²) in [5.41, 5.74) is -0.0952. The molecule has 3 heteroatoms. The maximum atomic E-state index is 12.9. The van der Waals surface area contributed by atoms with Crippen molar-refractivity contribution in [1.82, 2.24) is 0 Å². The molecule has 4 saturated carbocycles. The SMILES string of the molecule is CC12CC3CC(C)(CC(C1)C3([O-])CC#N)C2.[Li+]. The maximum Gasteiger partial charge on any atom is 1.00 e. The topological polar surface area (TPSA) is 46.8 Å². The maximum absolute atomic E-state index is 12.9. The van der Waals surface area contributed by atoms with E-state index in [4.69, 9.17) is 5.26 Å². The Bertz CT molecular complexity index is 337. The second-order valence-corrected chi connectivity index (χ2v) is 7.30. The zero-order chi connectivity index (χ0) is 11.6. The van der Waals surface area contributed by atoms with Crippen LogP contribution in [0.4, 0.5) is 0 Å². The second kappa shape index (κ2) is 3.77. The average Bonchev–Trinajstić information content (AvgIpc) is 2.11. The standard InChI is InChI=1S/C14H20NO.Li/c1-12-5-10-7-13(2,9-12)8-11(6-12)14(10,16)3-4-15;/h10-11H,3,5-9H2,1-2H3;/q-1;+1. The molecule has 0 atom stereocenters. The predicted molar refractivity (Wildman–Crippen MR) is 59.2 cm³/mol. The van der Waals surface area contributed by atoms with Gasteiger partial charge in [-0.3, -0.25) is 0 Å². The number of hydrogen-bond acceptors (Lipinski definition) is 2. The van der Waals surface area contributed by atoms with E-state index in [0.29, 0.717) is 10.8 Å². The first-order valence-electron chi connectivity index (χ1n) is 6.47. The van der Waals surface area contributed by atoms with Crippen LogP contribution in [-0.4, -0.2) is 5.60 Å². The Morgan fingerprint density at radius 2 is 1.53 bits per heavy atom. The molecule has 0 aliphatic heterocycles. The van der Waals surface area contributed by atoms with Crippen molar-refractivity contribution in [1.29, 1.82) is 5.26 Å². The second-order valence-electron chi connectivity index (χ2n) is 7.30. The van der Waals surface area contributed by atoms with Crippen LogP contribution in [0.3, 0.4) is 0 Å². The summed E-state index contributed by atoms with van der Waals surface area (Å²) in [5, 5.41) is 21.8. The molecule has 0 N–H and O–H groups in total. The quantitative estimate of drug-likeness (QED) is 0.551. The van der Waals surface area contributed by atoms with Crippen LogP contribution in [0.1, 0.15) is 52.4 Å². The van der Waals surface area contributed by atoms with Crippen molar-refractivity contribution in [3.8, 4) is 6.07 Å². The van der Waals surface area contributed by atoms with Crippen molar-refractivity contribution in [2.75, 3.05) is 0 Å². The number of nitriles is 1. The average molecular weight is 225 g/mol. The van der Waals surface area contributed by atoms with Gasteiger partial charge in [-0.2, -0.15) is 5.26 Å². The van der Waals surface area contributed by atoms with Gasteiger partial charge in [0.25, 0.3) is 0 Å². The Balaban J connectivity index is 0.00000108. The number of hydrogen-bond donors (Lipinski definition) is 0. The molecule has 4 aliphatic carbocycles. The van der Waals surface area contributed by atoms with E-state index in [1.807, 2.05) is 0 Å². The van der Waals surface area contributed by atoms with Crippen molar-refractivity contribution in [3.63, 3.8) is 0 Å². The van der Waals surface area contributed by atoms with Crippen LogP contribution in [0.15, 0.2) is 0 Å². The molecular formula is C14H20LiNO. The summed E-state index contributed by atoms with van der Waals surface area (Å²) in [4.78, 5) is 0. The van der Waals surface area contributed by atoms with Gasteiger partial charge in [-0.25, -0.2) is 0 Å². The van der Waals surface area contributed by atoms with Gasteiger partial charge in [0, 0.05) is 6.42 Å². The van der Waals surface area contributed by atoms with Crippen LogP contribution in [0.5, 0.6) is 0 Å². The molecule has 4 rings (SSSR count). The van der Waals surface area contributed by atoms with Gasteiger partial charge in [-0.05, 0) is 54.8 Å². The Hall–Kier alpha value is 0.0474. The summed E-state index contributed by atoms with van der Waals surface area (Å²) in [5.74, 6) is 0.534. The molecule has 0 spiro atoms. The third-order valence-corrected chi connectivity index (χ3v) is 5.55. The molecule has 0 heterocycles. The predicted octanol–water partition coefficient (Wildman–Crippen LogP) is -0.761. The Morgan fingerprint density at radius 3 is 1.88 bits per heavy atom. The van der Waals surface area contributed by atoms with Crippen LogP contribution in [0.2, 0.25) is 0 Å². The summed E-state index contributed by atoms with van der Waals surface area (Å²) in [7, 11) is 0. The summed E-state index contributed by atoms with van der Waals surface area (Å²) >= 11 is 0. The minimum Gasteiger partial charge on any atom is -0.848 e. The number of nitrogens with zero attached hydrogens (tertiary/aromatic N) is 1. The smallest absolute Gasteiger partial charge is 0.848 e. The van der Waals surface area contributed by atoms with Crippen LogP contribution in [0.25, 0.3) is 0 Å². The van der Waals surface area contributed by atoms with E-state index in [1.165, 1.54) is 6.42 Å². The fraction of sp³-hybridized carbons (Fsp3) is 0.929. The molecule has 2 nitrogen and oxygen atoms in total. The van der Waals surface area contributed by atoms with Gasteiger partial charge in [0.1, 0.15) is 0 Å². The van der Waals surface area contributed by atoms with Crippen molar-refractivity contribution in [2.24, 2.45) is 22.7 Å². The van der Waals surface area contributed by atoms with Crippen molar-refractivity contribution < 1.29 is 24.0 Å². The van der Waals surface area contributed by atoms with Gasteiger partial charge in [0.05, 0.1) is 6.07 Å². The molecule has 0 unspecified atom stereocenters. The molecule has 0 aromatic rings. The van der Waals surface area contributed by atoms with E-state index in [1.54, 1.807) is 0 Å². The molecule has 17 heavy (non-hydrogen) atoms. The van der Waals surface area contributed by atoms with Crippen molar-refractivity contribution >= 4 is 0 Å². The van der Waals surface area contributed by atoms with Gasteiger partial charge in [0.15, 0.2) is 0 Å². The van der Waals surface area contributed by atoms with Gasteiger partial charge < -0.3 is 5.11 Å². The fourth-order valence-electron chi connectivity index (χ4n) is 5.45. The first-order valence-corrected chi connectivity index (χ1v) is 6.47. The largest absolute Gasteiger partial charge is 1.00 e. The molecule has 4 aliphatic rings. The normalized spacial score (nSPS) is 55.2. The zero-order valence-corrected chi connectivity index (χ0v) is 11.3. The van der Waals surface area contributed by atoms with Crippen LogP contribution in [-0.2, 0) is 0 Å². The van der Waals surface area contributed by atoms with E-state index in [-0.39, 0.29) is 37.1 Å². The van der Waals surface area contributed by atoms with E-state index in [2.05, 4.69) is 19.9 Å². The van der Waals surface area contributed by atoms with Crippen LogP contribution >= 0.6 is 0 Å². The van der Waals surface area contributed by atoms with Crippen molar-refractivity contribution in [2.45, 2.75) is 58.0 Å². The first kappa shape index (κ1) is 13.5. The summed E-state index contributed by atoms with van der Waals surface area (Å²) < 4.78 is 0. The molecule has 0 saturated heterocycles. The summed E-state index contributed by atoms with van der Waals surface area (Å²) in [6.45, 7) is 4.71. The Kier molecular flexibility index (Phi) is 2.99. The minimum atomic E-state index is -0.909. The molecular weight excluding hydrogens is 205 g/mol. The molecule has 4 bridgehead atoms. The molecule has 88 valence electrons. The van der Waals surface area contributed by atoms with Crippen LogP contribution < -0.4 is 24.0 Å². The first-order chi connectivity index (χ1) is 7.39. The van der Waals surface area contributed by atoms with Gasteiger partial charge in [-0.1, -0.05) is 19.4 Å². The number of rotatable bonds is 1. The molecule has 0 aromatic heterocycles. The van der Waals surface area contributed by atoms with Crippen molar-refractivity contribution in [3.05, 3.63) is 0 Å². The van der Waals surface area contributed by atoms with Gasteiger partial charge in [-0.15, -0.1) is 0 Å². The van der Waals surface area contributed by atoms with E-state index >= 15 is 0 Å². The zero-order valence-electron chi connectivity index (χ0n) is 11.3. The molecule has 4 fully saturated rings. The van der Waals surface area contributed by atoms with Gasteiger partial charge in [0.2, 0.25) is 0 Å². The van der Waals surface area contributed by atoms with Gasteiger partial charge >= 0.3 is 18.9 Å². The Labute approximate surface area is 116 Å². The third kappa shape index (κ3) is 1.79. The fourth-order valence-corrected chi connectivity index (χ4v) is 5.45. The summed E-state index contributed by atoms with van der Waals surface area (Å²) in [6, 6.07) is 2.15. The third-order valence-electron chi connectivity index (χ3n) is 5.55. The minimum absolute atomic E-state index is 0. The van der Waals surface area contributed by atoms with E-state index < -0.39 is 5.60 Å². The van der Waals surface area contributed by atoms with E-state index in [0.717, 1.165) is 25.7 Å². The monoisotopic (exact) mass is 225 g/mol. The van der Waals surface area contributed by atoms with E-state index in [9.17, 15) is 5.11 Å². The summed E-state index contributed by atoms with van der Waals surface area (Å²) in [6.07, 6.45) is 5.83.